The minimum atomic E-state index is -0.605. The van der Waals surface area contributed by atoms with Gasteiger partial charge in [0.2, 0.25) is 0 Å². The summed E-state index contributed by atoms with van der Waals surface area (Å²) in [5.74, 6) is -1.21. The van der Waals surface area contributed by atoms with E-state index in [1.54, 1.807) is 0 Å². The lowest BCUT2D eigenvalue weighted by atomic mass is 10.2. The van der Waals surface area contributed by atoms with Gasteiger partial charge in [-0.3, -0.25) is 0 Å². The molecule has 4 nitrogen and oxygen atoms in total. The highest BCUT2D eigenvalue weighted by molar-refractivity contribution is 5.71. The number of rotatable bonds is 5. The SMILES string of the molecule is NC(=O)NCCNCc1cc(F)cc(F)c1. The van der Waals surface area contributed by atoms with Gasteiger partial charge >= 0.3 is 6.03 Å². The van der Waals surface area contributed by atoms with E-state index in [1.807, 2.05) is 0 Å². The maximum absolute atomic E-state index is 12.8. The van der Waals surface area contributed by atoms with E-state index < -0.39 is 17.7 Å². The van der Waals surface area contributed by atoms with Crippen molar-refractivity contribution in [1.82, 2.24) is 10.6 Å². The molecule has 2 amide bonds. The van der Waals surface area contributed by atoms with Gasteiger partial charge in [0.1, 0.15) is 11.6 Å². The summed E-state index contributed by atoms with van der Waals surface area (Å²) in [7, 11) is 0. The van der Waals surface area contributed by atoms with Gasteiger partial charge in [-0.25, -0.2) is 13.6 Å². The second-order valence-corrected chi connectivity index (χ2v) is 3.25. The molecular weight excluding hydrogens is 216 g/mol. The van der Waals surface area contributed by atoms with Gasteiger partial charge in [0, 0.05) is 25.7 Å². The summed E-state index contributed by atoms with van der Waals surface area (Å²) in [4.78, 5) is 10.3. The maximum Gasteiger partial charge on any atom is 0.312 e. The van der Waals surface area contributed by atoms with Gasteiger partial charge in [0.15, 0.2) is 0 Å². The molecule has 0 aliphatic carbocycles. The molecule has 0 aliphatic rings. The average Bonchev–Trinajstić information content (AvgIpc) is 2.15. The number of primary amides is 1. The number of benzene rings is 1. The number of nitrogens with two attached hydrogens (primary N) is 1. The molecular formula is C10H13F2N3O. The predicted octanol–water partition coefficient (Wildman–Crippen LogP) is 0.723. The molecule has 1 aromatic carbocycles. The Morgan fingerprint density at radius 3 is 2.38 bits per heavy atom. The second kappa shape index (κ2) is 6.02. The molecule has 1 rings (SSSR count). The summed E-state index contributed by atoms with van der Waals surface area (Å²) in [5.41, 5.74) is 5.36. The van der Waals surface area contributed by atoms with Crippen LogP contribution >= 0.6 is 0 Å². The van der Waals surface area contributed by atoms with E-state index in [9.17, 15) is 13.6 Å². The molecule has 0 fully saturated rings. The Morgan fingerprint density at radius 1 is 1.19 bits per heavy atom. The van der Waals surface area contributed by atoms with Crippen LogP contribution < -0.4 is 16.4 Å². The standard InChI is InChI=1S/C10H13F2N3O/c11-8-3-7(4-9(12)5-8)6-14-1-2-15-10(13)16/h3-5,14H,1-2,6H2,(H3,13,15,16). The van der Waals surface area contributed by atoms with Gasteiger partial charge in [-0.05, 0) is 17.7 Å². The molecule has 0 bridgehead atoms. The normalized spacial score (nSPS) is 10.1. The first-order valence-corrected chi connectivity index (χ1v) is 4.77. The highest BCUT2D eigenvalue weighted by atomic mass is 19.1. The van der Waals surface area contributed by atoms with Gasteiger partial charge in [-0.15, -0.1) is 0 Å². The van der Waals surface area contributed by atoms with Crippen molar-refractivity contribution >= 4 is 6.03 Å². The van der Waals surface area contributed by atoms with Gasteiger partial charge < -0.3 is 16.4 Å². The van der Waals surface area contributed by atoms with Crippen LogP contribution in [0.1, 0.15) is 5.56 Å². The molecule has 0 aromatic heterocycles. The topological polar surface area (TPSA) is 67.2 Å². The Balaban J connectivity index is 2.29. The fourth-order valence-electron chi connectivity index (χ4n) is 1.22. The van der Waals surface area contributed by atoms with Crippen LogP contribution in [0.3, 0.4) is 0 Å². The third-order valence-electron chi connectivity index (χ3n) is 1.85. The van der Waals surface area contributed by atoms with Crippen molar-refractivity contribution in [3.05, 3.63) is 35.4 Å². The van der Waals surface area contributed by atoms with Crippen molar-refractivity contribution in [3.63, 3.8) is 0 Å². The lowest BCUT2D eigenvalue weighted by Crippen LogP contribution is -2.35. The quantitative estimate of drug-likeness (QED) is 0.651. The summed E-state index contributed by atoms with van der Waals surface area (Å²) in [6.07, 6.45) is 0. The van der Waals surface area contributed by atoms with Gasteiger partial charge in [0.25, 0.3) is 0 Å². The van der Waals surface area contributed by atoms with Crippen molar-refractivity contribution < 1.29 is 13.6 Å². The van der Waals surface area contributed by atoms with Gasteiger partial charge in [0.05, 0.1) is 0 Å². The Bertz CT molecular complexity index is 351. The van der Waals surface area contributed by atoms with Crippen LogP contribution in [0.15, 0.2) is 18.2 Å². The van der Waals surface area contributed by atoms with E-state index in [4.69, 9.17) is 5.73 Å². The fourth-order valence-corrected chi connectivity index (χ4v) is 1.22. The van der Waals surface area contributed by atoms with Crippen LogP contribution in [0.2, 0.25) is 0 Å². The smallest absolute Gasteiger partial charge is 0.312 e. The zero-order chi connectivity index (χ0) is 12.0. The molecule has 0 aliphatic heterocycles. The van der Waals surface area contributed by atoms with Crippen LogP contribution in [-0.2, 0) is 6.54 Å². The number of urea groups is 1. The molecule has 0 atom stereocenters. The average molecular weight is 229 g/mol. The molecule has 16 heavy (non-hydrogen) atoms. The van der Waals surface area contributed by atoms with E-state index >= 15 is 0 Å². The van der Waals surface area contributed by atoms with E-state index in [0.29, 0.717) is 25.2 Å². The lowest BCUT2D eigenvalue weighted by molar-refractivity contribution is 0.249. The third kappa shape index (κ3) is 4.70. The molecule has 4 N–H and O–H groups in total. The molecule has 0 unspecified atom stereocenters. The zero-order valence-corrected chi connectivity index (χ0v) is 8.59. The summed E-state index contributed by atoms with van der Waals surface area (Å²) in [6, 6.07) is 2.71. The largest absolute Gasteiger partial charge is 0.352 e. The zero-order valence-electron chi connectivity index (χ0n) is 8.59. The predicted molar refractivity (Wildman–Crippen MR) is 55.7 cm³/mol. The molecule has 1 aromatic rings. The summed E-state index contributed by atoms with van der Waals surface area (Å²) >= 11 is 0. The van der Waals surface area contributed by atoms with Crippen LogP contribution in [-0.4, -0.2) is 19.1 Å². The minimum Gasteiger partial charge on any atom is -0.352 e. The van der Waals surface area contributed by atoms with Crippen LogP contribution in [0, 0.1) is 11.6 Å². The van der Waals surface area contributed by atoms with Crippen LogP contribution in [0.5, 0.6) is 0 Å². The number of hydrogen-bond donors (Lipinski definition) is 3. The number of halogens is 2. The molecule has 6 heteroatoms. The molecule has 0 spiro atoms. The van der Waals surface area contributed by atoms with E-state index in [2.05, 4.69) is 10.6 Å². The Morgan fingerprint density at radius 2 is 1.81 bits per heavy atom. The van der Waals surface area contributed by atoms with E-state index in [1.165, 1.54) is 12.1 Å². The number of hydrogen-bond acceptors (Lipinski definition) is 2. The minimum absolute atomic E-state index is 0.328. The molecule has 0 saturated carbocycles. The van der Waals surface area contributed by atoms with Gasteiger partial charge in [-0.2, -0.15) is 0 Å². The van der Waals surface area contributed by atoms with E-state index in [-0.39, 0.29) is 0 Å². The monoisotopic (exact) mass is 229 g/mol. The lowest BCUT2D eigenvalue weighted by Gasteiger charge is -2.05. The van der Waals surface area contributed by atoms with Crippen LogP contribution in [0.4, 0.5) is 13.6 Å². The second-order valence-electron chi connectivity index (χ2n) is 3.25. The highest BCUT2D eigenvalue weighted by Crippen LogP contribution is 2.07. The fraction of sp³-hybridized carbons (Fsp3) is 0.300. The first-order valence-electron chi connectivity index (χ1n) is 4.77. The number of amides is 2. The first kappa shape index (κ1) is 12.4. The Kier molecular flexibility index (Phi) is 4.65. The molecule has 0 saturated heterocycles. The first-order chi connectivity index (χ1) is 7.58. The van der Waals surface area contributed by atoms with Crippen molar-refractivity contribution in [2.24, 2.45) is 5.73 Å². The molecule has 88 valence electrons. The van der Waals surface area contributed by atoms with Crippen molar-refractivity contribution in [2.75, 3.05) is 13.1 Å². The Hall–Kier alpha value is -1.69. The number of carbonyl (C=O) groups is 1. The van der Waals surface area contributed by atoms with Crippen LogP contribution in [0.25, 0.3) is 0 Å². The summed E-state index contributed by atoms with van der Waals surface area (Å²) in [6.45, 7) is 1.17. The summed E-state index contributed by atoms with van der Waals surface area (Å²) in [5, 5.41) is 5.29. The van der Waals surface area contributed by atoms with E-state index in [0.717, 1.165) is 6.07 Å². The Labute approximate surface area is 91.8 Å². The summed E-state index contributed by atoms with van der Waals surface area (Å²) < 4.78 is 25.5. The third-order valence-corrected chi connectivity index (χ3v) is 1.85. The molecule has 0 radical (unpaired) electrons. The van der Waals surface area contributed by atoms with Crippen molar-refractivity contribution in [1.29, 1.82) is 0 Å². The number of carbonyl (C=O) groups excluding carboxylic acids is 1. The maximum atomic E-state index is 12.8. The van der Waals surface area contributed by atoms with Crippen molar-refractivity contribution in [3.8, 4) is 0 Å². The number of nitrogens with one attached hydrogen (secondary N) is 2. The van der Waals surface area contributed by atoms with Gasteiger partial charge in [-0.1, -0.05) is 0 Å². The molecule has 0 heterocycles. The van der Waals surface area contributed by atoms with Crippen molar-refractivity contribution in [2.45, 2.75) is 6.54 Å². The highest BCUT2D eigenvalue weighted by Gasteiger charge is 2.00.